The number of nitrogens with zero attached hydrogens (tertiary/aromatic N) is 2. The number of anilines is 1. The highest BCUT2D eigenvalue weighted by molar-refractivity contribution is 6.30. The van der Waals surface area contributed by atoms with Crippen LogP contribution in [0, 0.1) is 5.82 Å². The Bertz CT molecular complexity index is 657. The van der Waals surface area contributed by atoms with Crippen molar-refractivity contribution < 1.29 is 13.9 Å². The molecule has 6 nitrogen and oxygen atoms in total. The van der Waals surface area contributed by atoms with Gasteiger partial charge in [-0.3, -0.25) is 10.1 Å². The molecule has 1 aromatic heterocycles. The molecule has 0 radical (unpaired) electrons. The summed E-state index contributed by atoms with van der Waals surface area (Å²) in [6.07, 6.45) is 2.76. The van der Waals surface area contributed by atoms with Crippen LogP contribution in [0.15, 0.2) is 24.3 Å². The molecule has 0 bridgehead atoms. The van der Waals surface area contributed by atoms with Crippen molar-refractivity contribution in [3.63, 3.8) is 0 Å². The molecule has 0 spiro atoms. The van der Waals surface area contributed by atoms with E-state index in [2.05, 4.69) is 20.5 Å². The Morgan fingerprint density at radius 2 is 2.35 bits per heavy atom. The Hall–Kier alpha value is -2.41. The zero-order valence-electron chi connectivity index (χ0n) is 10.4. The SMILES string of the molecule is COc1n[nH]c(NC(=O)/C=C/c2ccc(F)c(Cl)c2)n1. The maximum Gasteiger partial charge on any atom is 0.336 e. The number of H-pyrrole nitrogens is 1. The Balaban J connectivity index is 1.99. The van der Waals surface area contributed by atoms with Crippen LogP contribution in [0.1, 0.15) is 5.56 Å². The van der Waals surface area contributed by atoms with Crippen LogP contribution in [-0.2, 0) is 4.79 Å². The molecule has 2 N–H and O–H groups in total. The van der Waals surface area contributed by atoms with Gasteiger partial charge in [-0.15, -0.1) is 5.10 Å². The summed E-state index contributed by atoms with van der Waals surface area (Å²) < 4.78 is 17.7. The second kappa shape index (κ2) is 6.16. The van der Waals surface area contributed by atoms with Gasteiger partial charge in [0.25, 0.3) is 5.91 Å². The largest absolute Gasteiger partial charge is 0.466 e. The van der Waals surface area contributed by atoms with E-state index in [9.17, 15) is 9.18 Å². The molecule has 0 aliphatic heterocycles. The van der Waals surface area contributed by atoms with Crippen molar-refractivity contribution in [1.82, 2.24) is 15.2 Å². The van der Waals surface area contributed by atoms with Crippen LogP contribution < -0.4 is 10.1 Å². The molecule has 2 rings (SSSR count). The van der Waals surface area contributed by atoms with E-state index in [0.717, 1.165) is 0 Å². The minimum absolute atomic E-state index is 0.00692. The lowest BCUT2D eigenvalue weighted by Crippen LogP contribution is -2.09. The maximum atomic E-state index is 13.0. The van der Waals surface area contributed by atoms with Crippen molar-refractivity contribution in [2.75, 3.05) is 12.4 Å². The van der Waals surface area contributed by atoms with E-state index >= 15 is 0 Å². The van der Waals surface area contributed by atoms with E-state index in [1.165, 1.54) is 37.5 Å². The molecule has 0 saturated heterocycles. The Morgan fingerprint density at radius 1 is 1.55 bits per heavy atom. The molecule has 20 heavy (non-hydrogen) atoms. The fourth-order valence-corrected chi connectivity index (χ4v) is 1.53. The number of rotatable bonds is 4. The fraction of sp³-hybridized carbons (Fsp3) is 0.0833. The van der Waals surface area contributed by atoms with E-state index in [4.69, 9.17) is 16.3 Å². The van der Waals surface area contributed by atoms with E-state index in [1.54, 1.807) is 0 Å². The van der Waals surface area contributed by atoms with E-state index in [-0.39, 0.29) is 17.0 Å². The van der Waals surface area contributed by atoms with Crippen molar-refractivity contribution in [2.24, 2.45) is 0 Å². The van der Waals surface area contributed by atoms with Gasteiger partial charge in [-0.05, 0) is 23.8 Å². The van der Waals surface area contributed by atoms with Gasteiger partial charge in [0.2, 0.25) is 5.95 Å². The average molecular weight is 297 g/mol. The molecule has 0 unspecified atom stereocenters. The van der Waals surface area contributed by atoms with Crippen molar-refractivity contribution in [3.05, 3.63) is 40.7 Å². The van der Waals surface area contributed by atoms with E-state index in [1.807, 2.05) is 0 Å². The third-order valence-electron chi connectivity index (χ3n) is 2.26. The van der Waals surface area contributed by atoms with Crippen molar-refractivity contribution in [1.29, 1.82) is 0 Å². The number of aromatic nitrogens is 3. The molecule has 0 aliphatic rings. The lowest BCUT2D eigenvalue weighted by atomic mass is 10.2. The number of methoxy groups -OCH3 is 1. The number of halogens is 2. The summed E-state index contributed by atoms with van der Waals surface area (Å²) in [5.74, 6) is -0.778. The van der Waals surface area contributed by atoms with Crippen LogP contribution in [-0.4, -0.2) is 28.2 Å². The first-order chi connectivity index (χ1) is 9.58. The highest BCUT2D eigenvalue weighted by Gasteiger charge is 2.05. The number of ether oxygens (including phenoxy) is 1. The molecular formula is C12H10ClFN4O2. The molecule has 0 saturated carbocycles. The number of hydrogen-bond acceptors (Lipinski definition) is 4. The smallest absolute Gasteiger partial charge is 0.336 e. The molecule has 0 fully saturated rings. The highest BCUT2D eigenvalue weighted by atomic mass is 35.5. The van der Waals surface area contributed by atoms with E-state index in [0.29, 0.717) is 5.56 Å². The summed E-state index contributed by atoms with van der Waals surface area (Å²) in [5, 5.41) is 8.59. The molecule has 0 aliphatic carbocycles. The fourth-order valence-electron chi connectivity index (χ4n) is 1.34. The number of benzene rings is 1. The lowest BCUT2D eigenvalue weighted by Gasteiger charge is -1.97. The maximum absolute atomic E-state index is 13.0. The Morgan fingerprint density at radius 3 is 3.00 bits per heavy atom. The molecular weight excluding hydrogens is 287 g/mol. The van der Waals surface area contributed by atoms with Gasteiger partial charge in [-0.2, -0.15) is 4.98 Å². The first-order valence-electron chi connectivity index (χ1n) is 5.49. The summed E-state index contributed by atoms with van der Waals surface area (Å²) >= 11 is 5.63. The number of nitrogens with one attached hydrogen (secondary N) is 2. The molecule has 1 amide bonds. The van der Waals surface area contributed by atoms with Crippen LogP contribution in [0.3, 0.4) is 0 Å². The number of hydrogen-bond donors (Lipinski definition) is 2. The second-order valence-corrected chi connectivity index (χ2v) is 4.07. The first-order valence-corrected chi connectivity index (χ1v) is 5.87. The third-order valence-corrected chi connectivity index (χ3v) is 2.55. The van der Waals surface area contributed by atoms with Crippen LogP contribution in [0.25, 0.3) is 6.08 Å². The zero-order valence-corrected chi connectivity index (χ0v) is 11.1. The Kier molecular flexibility index (Phi) is 4.31. The quantitative estimate of drug-likeness (QED) is 0.848. The molecule has 1 heterocycles. The van der Waals surface area contributed by atoms with Gasteiger partial charge in [0, 0.05) is 6.08 Å². The summed E-state index contributed by atoms with van der Waals surface area (Å²) in [7, 11) is 1.41. The number of carbonyl (C=O) groups is 1. The zero-order chi connectivity index (χ0) is 14.5. The Labute approximate surface area is 118 Å². The van der Waals surface area contributed by atoms with Gasteiger partial charge in [0.1, 0.15) is 5.82 Å². The molecule has 2 aromatic rings. The molecule has 0 atom stereocenters. The van der Waals surface area contributed by atoms with Gasteiger partial charge in [0.05, 0.1) is 12.1 Å². The van der Waals surface area contributed by atoms with Crippen molar-refractivity contribution in [2.45, 2.75) is 0 Å². The van der Waals surface area contributed by atoms with Crippen molar-refractivity contribution >= 4 is 29.5 Å². The van der Waals surface area contributed by atoms with Gasteiger partial charge >= 0.3 is 6.01 Å². The minimum Gasteiger partial charge on any atom is -0.466 e. The monoisotopic (exact) mass is 296 g/mol. The van der Waals surface area contributed by atoms with Gasteiger partial charge in [0.15, 0.2) is 0 Å². The van der Waals surface area contributed by atoms with Crippen LogP contribution in [0.5, 0.6) is 6.01 Å². The van der Waals surface area contributed by atoms with Gasteiger partial charge in [-0.25, -0.2) is 9.49 Å². The summed E-state index contributed by atoms with van der Waals surface area (Å²) in [4.78, 5) is 15.4. The average Bonchev–Trinajstić information content (AvgIpc) is 2.88. The number of amides is 1. The first kappa shape index (κ1) is 14.0. The molecule has 8 heteroatoms. The normalized spacial score (nSPS) is 10.8. The molecule has 104 valence electrons. The topological polar surface area (TPSA) is 79.9 Å². The molecule has 1 aromatic carbocycles. The summed E-state index contributed by atoms with van der Waals surface area (Å²) in [6, 6.07) is 4.26. The van der Waals surface area contributed by atoms with Crippen LogP contribution in [0.4, 0.5) is 10.3 Å². The number of aromatic amines is 1. The van der Waals surface area contributed by atoms with Crippen LogP contribution >= 0.6 is 11.6 Å². The lowest BCUT2D eigenvalue weighted by molar-refractivity contribution is -0.111. The number of carbonyl (C=O) groups excluding carboxylic acids is 1. The van der Waals surface area contributed by atoms with E-state index < -0.39 is 11.7 Å². The third kappa shape index (κ3) is 3.55. The minimum atomic E-state index is -0.512. The van der Waals surface area contributed by atoms with Gasteiger partial charge in [-0.1, -0.05) is 17.7 Å². The predicted octanol–water partition coefficient (Wildman–Crippen LogP) is 2.26. The standard InChI is InChI=1S/C12H10ClFN4O2/c1-20-12-16-11(17-18-12)15-10(19)5-3-7-2-4-9(14)8(13)6-7/h2-6H,1H3,(H2,15,16,17,18,19)/b5-3+. The van der Waals surface area contributed by atoms with Gasteiger partial charge < -0.3 is 4.74 Å². The second-order valence-electron chi connectivity index (χ2n) is 3.67. The predicted molar refractivity (Wildman–Crippen MR) is 72.0 cm³/mol. The highest BCUT2D eigenvalue weighted by Crippen LogP contribution is 2.16. The summed E-state index contributed by atoms with van der Waals surface area (Å²) in [6.45, 7) is 0. The van der Waals surface area contributed by atoms with Crippen LogP contribution in [0.2, 0.25) is 5.02 Å². The van der Waals surface area contributed by atoms with Crippen molar-refractivity contribution in [3.8, 4) is 6.01 Å². The summed E-state index contributed by atoms with van der Waals surface area (Å²) in [5.41, 5.74) is 0.599.